The van der Waals surface area contributed by atoms with Crippen LogP contribution in [-0.2, 0) is 6.18 Å². The van der Waals surface area contributed by atoms with Gasteiger partial charge in [-0.1, -0.05) is 29.4 Å². The first-order chi connectivity index (χ1) is 8.91. The zero-order chi connectivity index (χ0) is 14.0. The van der Waals surface area contributed by atoms with Crippen molar-refractivity contribution in [3.05, 3.63) is 35.7 Å². The van der Waals surface area contributed by atoms with Gasteiger partial charge in [0.15, 0.2) is 0 Å². The smallest absolute Gasteiger partial charge is 0.393 e. The molecule has 1 heterocycles. The Labute approximate surface area is 105 Å². The van der Waals surface area contributed by atoms with Gasteiger partial charge in [0.05, 0.1) is 6.61 Å². The van der Waals surface area contributed by atoms with Crippen LogP contribution in [0.3, 0.4) is 0 Å². The highest BCUT2D eigenvalue weighted by atomic mass is 19.4. The first kappa shape index (κ1) is 13.5. The lowest BCUT2D eigenvalue weighted by molar-refractivity contribution is -0.159. The summed E-state index contributed by atoms with van der Waals surface area (Å²) >= 11 is 0. The summed E-state index contributed by atoms with van der Waals surface area (Å²) in [6.45, 7) is -0.445. The van der Waals surface area contributed by atoms with Crippen LogP contribution in [0.1, 0.15) is 17.6 Å². The molecule has 0 aliphatic carbocycles. The van der Waals surface area contributed by atoms with Crippen molar-refractivity contribution in [2.45, 2.75) is 12.3 Å². The summed E-state index contributed by atoms with van der Waals surface area (Å²) in [4.78, 5) is 3.23. The number of aliphatic hydroxyl groups is 2. The summed E-state index contributed by atoms with van der Waals surface area (Å²) in [5.41, 5.74) is 0.749. The largest absolute Gasteiger partial charge is 0.471 e. The molecule has 0 saturated carbocycles. The summed E-state index contributed by atoms with van der Waals surface area (Å²) in [7, 11) is 0. The number of hydrogen-bond acceptors (Lipinski definition) is 5. The Bertz CT molecular complexity index is 551. The monoisotopic (exact) mass is 274 g/mol. The Kier molecular flexibility index (Phi) is 3.54. The van der Waals surface area contributed by atoms with Crippen LogP contribution in [0.25, 0.3) is 11.4 Å². The molecule has 0 aliphatic rings. The predicted octanol–water partition coefficient (Wildman–Crippen LogP) is 1.78. The standard InChI is InChI=1S/C11H9F3N2O3/c12-11(13,14)10-15-9(16-19-10)7-3-1-6(2-4-7)8(18)5-17/h1-4,8,17-18H,5H2. The van der Waals surface area contributed by atoms with Crippen LogP contribution >= 0.6 is 0 Å². The molecule has 0 aliphatic heterocycles. The lowest BCUT2D eigenvalue weighted by Crippen LogP contribution is -2.04. The van der Waals surface area contributed by atoms with Gasteiger partial charge in [0.1, 0.15) is 6.10 Å². The van der Waals surface area contributed by atoms with E-state index >= 15 is 0 Å². The topological polar surface area (TPSA) is 79.4 Å². The van der Waals surface area contributed by atoms with E-state index in [9.17, 15) is 18.3 Å². The molecule has 1 unspecified atom stereocenters. The molecule has 1 atom stereocenters. The second kappa shape index (κ2) is 4.98. The molecule has 0 spiro atoms. The van der Waals surface area contributed by atoms with Gasteiger partial charge >= 0.3 is 12.1 Å². The second-order valence-corrected chi connectivity index (χ2v) is 3.74. The van der Waals surface area contributed by atoms with E-state index < -0.39 is 24.8 Å². The van der Waals surface area contributed by atoms with E-state index in [4.69, 9.17) is 5.11 Å². The zero-order valence-electron chi connectivity index (χ0n) is 9.42. The molecular formula is C11H9F3N2O3. The van der Waals surface area contributed by atoms with Crippen LogP contribution in [-0.4, -0.2) is 27.0 Å². The number of aromatic nitrogens is 2. The van der Waals surface area contributed by atoms with E-state index in [2.05, 4.69) is 14.7 Å². The zero-order valence-corrected chi connectivity index (χ0v) is 9.42. The number of halogens is 3. The van der Waals surface area contributed by atoms with Crippen LogP contribution in [0.4, 0.5) is 13.2 Å². The van der Waals surface area contributed by atoms with Gasteiger partial charge in [0.25, 0.3) is 0 Å². The molecule has 2 N–H and O–H groups in total. The quantitative estimate of drug-likeness (QED) is 0.891. The van der Waals surface area contributed by atoms with Crippen LogP contribution in [0.5, 0.6) is 0 Å². The fourth-order valence-corrected chi connectivity index (χ4v) is 1.42. The second-order valence-electron chi connectivity index (χ2n) is 3.74. The Morgan fingerprint density at radius 1 is 1.21 bits per heavy atom. The van der Waals surface area contributed by atoms with Gasteiger partial charge in [-0.3, -0.25) is 0 Å². The SMILES string of the molecule is OCC(O)c1ccc(-c2noc(C(F)(F)F)n2)cc1. The average Bonchev–Trinajstić information content (AvgIpc) is 2.87. The highest BCUT2D eigenvalue weighted by Gasteiger charge is 2.38. The van der Waals surface area contributed by atoms with E-state index in [-0.39, 0.29) is 5.82 Å². The van der Waals surface area contributed by atoms with E-state index in [1.165, 1.54) is 24.3 Å². The first-order valence-electron chi connectivity index (χ1n) is 5.22. The summed E-state index contributed by atoms with van der Waals surface area (Å²) in [6.07, 6.45) is -5.72. The van der Waals surface area contributed by atoms with Gasteiger partial charge in [-0.05, 0) is 5.56 Å². The number of hydrogen-bond donors (Lipinski definition) is 2. The molecule has 0 bridgehead atoms. The molecule has 0 amide bonds. The van der Waals surface area contributed by atoms with Gasteiger partial charge in [0.2, 0.25) is 5.82 Å². The third kappa shape index (κ3) is 2.91. The van der Waals surface area contributed by atoms with Crippen LogP contribution in [0.15, 0.2) is 28.8 Å². The van der Waals surface area contributed by atoms with Gasteiger partial charge in [-0.25, -0.2) is 0 Å². The normalized spacial score (nSPS) is 13.5. The van der Waals surface area contributed by atoms with Gasteiger partial charge in [0, 0.05) is 5.56 Å². The maximum atomic E-state index is 12.3. The van der Waals surface area contributed by atoms with Crippen molar-refractivity contribution in [3.8, 4) is 11.4 Å². The van der Waals surface area contributed by atoms with Crippen molar-refractivity contribution in [1.29, 1.82) is 0 Å². The highest BCUT2D eigenvalue weighted by Crippen LogP contribution is 2.29. The van der Waals surface area contributed by atoms with E-state index in [0.29, 0.717) is 11.1 Å². The average molecular weight is 274 g/mol. The third-order valence-corrected chi connectivity index (χ3v) is 2.40. The van der Waals surface area contributed by atoms with Crippen molar-refractivity contribution in [1.82, 2.24) is 10.1 Å². The summed E-state index contributed by atoms with van der Waals surface area (Å²) in [5, 5.41) is 21.3. The van der Waals surface area contributed by atoms with Crippen molar-refractivity contribution in [2.24, 2.45) is 0 Å². The first-order valence-corrected chi connectivity index (χ1v) is 5.22. The van der Waals surface area contributed by atoms with Gasteiger partial charge in [-0.15, -0.1) is 0 Å². The summed E-state index contributed by atoms with van der Waals surface area (Å²) < 4.78 is 40.9. The minimum atomic E-state index is -4.68. The van der Waals surface area contributed by atoms with Crippen LogP contribution < -0.4 is 0 Å². The number of aliphatic hydroxyl groups excluding tert-OH is 2. The lowest BCUT2D eigenvalue weighted by Gasteiger charge is -2.06. The fraction of sp³-hybridized carbons (Fsp3) is 0.273. The molecule has 1 aromatic carbocycles. The predicted molar refractivity (Wildman–Crippen MR) is 56.8 cm³/mol. The molecule has 102 valence electrons. The molecule has 1 aromatic heterocycles. The number of benzene rings is 1. The molecular weight excluding hydrogens is 265 g/mol. The molecule has 2 aromatic rings. The third-order valence-electron chi connectivity index (χ3n) is 2.40. The van der Waals surface area contributed by atoms with E-state index in [1.807, 2.05) is 0 Å². The van der Waals surface area contributed by atoms with Crippen molar-refractivity contribution < 1.29 is 27.9 Å². The van der Waals surface area contributed by atoms with Crippen molar-refractivity contribution in [3.63, 3.8) is 0 Å². The Morgan fingerprint density at radius 2 is 1.84 bits per heavy atom. The maximum Gasteiger partial charge on any atom is 0.471 e. The number of alkyl halides is 3. The number of nitrogens with zero attached hydrogens (tertiary/aromatic N) is 2. The summed E-state index contributed by atoms with van der Waals surface area (Å²) in [5.74, 6) is -1.61. The van der Waals surface area contributed by atoms with E-state index in [0.717, 1.165) is 0 Å². The van der Waals surface area contributed by atoms with Gasteiger partial charge in [-0.2, -0.15) is 18.2 Å². The van der Waals surface area contributed by atoms with Crippen molar-refractivity contribution in [2.75, 3.05) is 6.61 Å². The molecule has 2 rings (SSSR count). The minimum Gasteiger partial charge on any atom is -0.393 e. The molecule has 19 heavy (non-hydrogen) atoms. The van der Waals surface area contributed by atoms with Crippen LogP contribution in [0, 0.1) is 0 Å². The Morgan fingerprint density at radius 3 is 2.32 bits per heavy atom. The van der Waals surface area contributed by atoms with E-state index in [1.54, 1.807) is 0 Å². The summed E-state index contributed by atoms with van der Waals surface area (Å²) in [6, 6.07) is 5.78. The van der Waals surface area contributed by atoms with Crippen molar-refractivity contribution >= 4 is 0 Å². The molecule has 0 fully saturated rings. The fourth-order valence-electron chi connectivity index (χ4n) is 1.42. The lowest BCUT2D eigenvalue weighted by atomic mass is 10.1. The van der Waals surface area contributed by atoms with Crippen LogP contribution in [0.2, 0.25) is 0 Å². The number of rotatable bonds is 3. The van der Waals surface area contributed by atoms with Gasteiger partial charge < -0.3 is 14.7 Å². The molecule has 8 heteroatoms. The molecule has 0 radical (unpaired) electrons. The minimum absolute atomic E-state index is 0.197. The maximum absolute atomic E-state index is 12.3. The highest BCUT2D eigenvalue weighted by molar-refractivity contribution is 5.54. The molecule has 0 saturated heterocycles. The Balaban J connectivity index is 2.25. The molecule has 5 nitrogen and oxygen atoms in total. The Hall–Kier alpha value is -1.93.